The van der Waals surface area contributed by atoms with Crippen LogP contribution in [0.1, 0.15) is 23.6 Å². The summed E-state index contributed by atoms with van der Waals surface area (Å²) in [7, 11) is -3.94. The molecule has 0 aliphatic carbocycles. The Kier molecular flexibility index (Phi) is 7.97. The molecule has 8 heteroatoms. The second-order valence-corrected chi connectivity index (χ2v) is 9.02. The molecule has 0 spiro atoms. The fourth-order valence-electron chi connectivity index (χ4n) is 3.21. The predicted octanol–water partition coefficient (Wildman–Crippen LogP) is 2.99. The second-order valence-electron chi connectivity index (χ2n) is 7.30. The molecule has 2 aromatic carbocycles. The van der Waals surface area contributed by atoms with E-state index >= 15 is 0 Å². The molecule has 2 N–H and O–H groups in total. The lowest BCUT2D eigenvalue weighted by Crippen LogP contribution is -2.47. The van der Waals surface area contributed by atoms with Crippen molar-refractivity contribution in [2.24, 2.45) is 0 Å². The van der Waals surface area contributed by atoms with Crippen LogP contribution >= 0.6 is 0 Å². The number of rotatable bonds is 10. The van der Waals surface area contributed by atoms with Gasteiger partial charge >= 0.3 is 0 Å². The van der Waals surface area contributed by atoms with Crippen molar-refractivity contribution >= 4 is 15.9 Å². The van der Waals surface area contributed by atoms with Crippen molar-refractivity contribution in [3.05, 3.63) is 89.7 Å². The van der Waals surface area contributed by atoms with Crippen LogP contribution in [0.2, 0.25) is 0 Å². The quantitative estimate of drug-likeness (QED) is 0.492. The van der Waals surface area contributed by atoms with Gasteiger partial charge in [-0.25, -0.2) is 8.42 Å². The van der Waals surface area contributed by atoms with Crippen LogP contribution in [0.4, 0.5) is 0 Å². The average Bonchev–Trinajstić information content (AvgIpc) is 2.79. The normalized spacial score (nSPS) is 12.2. The first-order valence-electron chi connectivity index (χ1n) is 10.4. The number of pyridine rings is 1. The minimum absolute atomic E-state index is 0.0802. The lowest BCUT2D eigenvalue weighted by molar-refractivity contribution is -0.122. The number of amides is 1. The van der Waals surface area contributed by atoms with Gasteiger partial charge in [0.05, 0.1) is 11.5 Å². The summed E-state index contributed by atoms with van der Waals surface area (Å²) in [6, 6.07) is 16.6. The molecule has 1 amide bonds. The number of nitrogens with one attached hydrogen (secondary N) is 2. The molecular formula is C24H27N3O4S. The van der Waals surface area contributed by atoms with Gasteiger partial charge in [0.15, 0.2) is 0 Å². The molecule has 3 rings (SSSR count). The van der Waals surface area contributed by atoms with Gasteiger partial charge in [0, 0.05) is 18.9 Å². The van der Waals surface area contributed by atoms with Crippen molar-refractivity contribution in [1.29, 1.82) is 0 Å². The van der Waals surface area contributed by atoms with Gasteiger partial charge in [-0.3, -0.25) is 9.78 Å². The SMILES string of the molecule is CCOc1ccc(S(=O)(=O)NC(Cc2ccccc2)C(=O)NCc2cccnc2)cc1C. The van der Waals surface area contributed by atoms with Gasteiger partial charge in [-0.2, -0.15) is 4.72 Å². The molecule has 0 aliphatic heterocycles. The van der Waals surface area contributed by atoms with Crippen molar-refractivity contribution in [1.82, 2.24) is 15.0 Å². The Morgan fingerprint density at radius 1 is 1.06 bits per heavy atom. The number of nitrogens with zero attached hydrogens (tertiary/aromatic N) is 1. The Morgan fingerprint density at radius 3 is 2.47 bits per heavy atom. The lowest BCUT2D eigenvalue weighted by atomic mass is 10.1. The van der Waals surface area contributed by atoms with Crippen LogP contribution in [-0.4, -0.2) is 32.0 Å². The van der Waals surface area contributed by atoms with Crippen molar-refractivity contribution in [2.45, 2.75) is 37.8 Å². The van der Waals surface area contributed by atoms with Gasteiger partial charge in [-0.1, -0.05) is 36.4 Å². The van der Waals surface area contributed by atoms with Crippen molar-refractivity contribution in [3.63, 3.8) is 0 Å². The van der Waals surface area contributed by atoms with Crippen LogP contribution in [-0.2, 0) is 27.8 Å². The first kappa shape index (κ1) is 23.4. The predicted molar refractivity (Wildman–Crippen MR) is 123 cm³/mol. The summed E-state index contributed by atoms with van der Waals surface area (Å²) in [5.74, 6) is 0.213. The molecule has 0 radical (unpaired) electrons. The third kappa shape index (κ3) is 6.38. The fraction of sp³-hybridized carbons (Fsp3) is 0.250. The molecule has 0 saturated heterocycles. The highest BCUT2D eigenvalue weighted by Gasteiger charge is 2.26. The topological polar surface area (TPSA) is 97.4 Å². The van der Waals surface area contributed by atoms with Gasteiger partial charge in [0.2, 0.25) is 15.9 Å². The zero-order valence-corrected chi connectivity index (χ0v) is 18.9. The van der Waals surface area contributed by atoms with Gasteiger partial charge < -0.3 is 10.1 Å². The third-order valence-corrected chi connectivity index (χ3v) is 6.31. The van der Waals surface area contributed by atoms with Crippen LogP contribution in [0, 0.1) is 6.92 Å². The van der Waals surface area contributed by atoms with Gasteiger partial charge in [-0.05, 0) is 61.2 Å². The number of hydrogen-bond acceptors (Lipinski definition) is 5. The molecule has 1 atom stereocenters. The number of sulfonamides is 1. The van der Waals surface area contributed by atoms with E-state index in [9.17, 15) is 13.2 Å². The number of aryl methyl sites for hydroxylation is 1. The molecule has 32 heavy (non-hydrogen) atoms. The zero-order chi connectivity index (χ0) is 23.0. The van der Waals surface area contributed by atoms with Gasteiger partial charge in [-0.15, -0.1) is 0 Å². The summed E-state index contributed by atoms with van der Waals surface area (Å²) < 4.78 is 34.3. The van der Waals surface area contributed by atoms with E-state index in [0.717, 1.165) is 11.1 Å². The second kappa shape index (κ2) is 10.9. The van der Waals surface area contributed by atoms with Crippen molar-refractivity contribution in [3.8, 4) is 5.75 Å². The van der Waals surface area contributed by atoms with Crippen molar-refractivity contribution < 1.29 is 17.9 Å². The van der Waals surface area contributed by atoms with E-state index in [4.69, 9.17) is 4.74 Å². The molecule has 7 nitrogen and oxygen atoms in total. The Bertz CT molecular complexity index is 1140. The monoisotopic (exact) mass is 453 g/mol. The fourth-order valence-corrected chi connectivity index (χ4v) is 4.49. The Morgan fingerprint density at radius 2 is 1.81 bits per heavy atom. The van der Waals surface area contributed by atoms with Crippen LogP contribution in [0.5, 0.6) is 5.75 Å². The lowest BCUT2D eigenvalue weighted by Gasteiger charge is -2.19. The minimum atomic E-state index is -3.94. The van der Waals surface area contributed by atoms with E-state index in [1.165, 1.54) is 6.07 Å². The maximum atomic E-state index is 13.1. The number of ether oxygens (including phenoxy) is 1. The summed E-state index contributed by atoms with van der Waals surface area (Å²) in [4.78, 5) is 17.1. The maximum Gasteiger partial charge on any atom is 0.241 e. The van der Waals surface area contributed by atoms with E-state index in [2.05, 4.69) is 15.0 Å². The molecule has 1 aromatic heterocycles. The number of aromatic nitrogens is 1. The molecule has 0 saturated carbocycles. The standard InChI is InChI=1S/C24H27N3O4S/c1-3-31-23-12-11-21(14-18(23)2)32(29,30)27-22(15-19-8-5-4-6-9-19)24(28)26-17-20-10-7-13-25-16-20/h4-14,16,22,27H,3,15,17H2,1-2H3,(H,26,28). The molecule has 168 valence electrons. The molecule has 0 fully saturated rings. The van der Waals surface area contributed by atoms with E-state index in [-0.39, 0.29) is 17.9 Å². The highest BCUT2D eigenvalue weighted by Crippen LogP contribution is 2.22. The van der Waals surface area contributed by atoms with E-state index in [0.29, 0.717) is 17.9 Å². The van der Waals surface area contributed by atoms with Crippen LogP contribution in [0.25, 0.3) is 0 Å². The molecule has 1 unspecified atom stereocenters. The number of benzene rings is 2. The first-order chi connectivity index (χ1) is 15.4. The van der Waals surface area contributed by atoms with E-state index in [1.54, 1.807) is 37.5 Å². The van der Waals surface area contributed by atoms with Gasteiger partial charge in [0.25, 0.3) is 0 Å². The minimum Gasteiger partial charge on any atom is -0.494 e. The molecule has 0 aliphatic rings. The number of hydrogen-bond donors (Lipinski definition) is 2. The van der Waals surface area contributed by atoms with Crippen LogP contribution < -0.4 is 14.8 Å². The summed E-state index contributed by atoms with van der Waals surface area (Å²) in [5, 5.41) is 2.80. The first-order valence-corrected chi connectivity index (χ1v) is 11.8. The Hall–Kier alpha value is -3.23. The summed E-state index contributed by atoms with van der Waals surface area (Å²) >= 11 is 0. The molecule has 1 heterocycles. The third-order valence-electron chi connectivity index (χ3n) is 4.84. The molecular weight excluding hydrogens is 426 g/mol. The Labute approximate surface area is 188 Å². The average molecular weight is 454 g/mol. The van der Waals surface area contributed by atoms with Crippen LogP contribution in [0.15, 0.2) is 78.0 Å². The number of carbonyl (C=O) groups is 1. The maximum absolute atomic E-state index is 13.1. The summed E-state index contributed by atoms with van der Waals surface area (Å²) in [6.45, 7) is 4.39. The highest BCUT2D eigenvalue weighted by molar-refractivity contribution is 7.89. The molecule has 0 bridgehead atoms. The highest BCUT2D eigenvalue weighted by atomic mass is 32.2. The van der Waals surface area contributed by atoms with Gasteiger partial charge in [0.1, 0.15) is 11.8 Å². The smallest absolute Gasteiger partial charge is 0.241 e. The van der Waals surface area contributed by atoms with E-state index in [1.807, 2.05) is 43.3 Å². The summed E-state index contributed by atoms with van der Waals surface area (Å²) in [5.41, 5.74) is 2.37. The summed E-state index contributed by atoms with van der Waals surface area (Å²) in [6.07, 6.45) is 3.52. The van der Waals surface area contributed by atoms with Crippen LogP contribution in [0.3, 0.4) is 0 Å². The Balaban J connectivity index is 1.80. The van der Waals surface area contributed by atoms with Crippen molar-refractivity contribution in [2.75, 3.05) is 6.61 Å². The van der Waals surface area contributed by atoms with E-state index < -0.39 is 22.0 Å². The largest absolute Gasteiger partial charge is 0.494 e. The zero-order valence-electron chi connectivity index (χ0n) is 18.1. The number of carbonyl (C=O) groups excluding carboxylic acids is 1. The molecule has 3 aromatic rings.